The third-order valence-corrected chi connectivity index (χ3v) is 4.26. The molecule has 0 bridgehead atoms. The number of nitrogens with zero attached hydrogens (tertiary/aromatic N) is 1. The number of methoxy groups -OCH3 is 1. The fourth-order valence-corrected chi connectivity index (χ4v) is 2.68. The van der Waals surface area contributed by atoms with Crippen LogP contribution in [0.25, 0.3) is 0 Å². The number of hydrogen-bond acceptors (Lipinski definition) is 6. The molecule has 2 aromatic rings. The molecule has 1 aromatic heterocycles. The van der Waals surface area contributed by atoms with Crippen molar-refractivity contribution in [3.05, 3.63) is 58.3 Å². The molecule has 3 radical (unpaired) electrons. The quantitative estimate of drug-likeness (QED) is 0.378. The van der Waals surface area contributed by atoms with Gasteiger partial charge in [-0.3, -0.25) is 19.4 Å². The lowest BCUT2D eigenvalue weighted by Crippen LogP contribution is -2.39. The predicted octanol–water partition coefficient (Wildman–Crippen LogP) is 2.01. The molecule has 0 saturated heterocycles. The number of ketones is 1. The van der Waals surface area contributed by atoms with E-state index in [-0.39, 0.29) is 29.9 Å². The maximum Gasteiger partial charge on any atom is 0.305 e. The molecule has 0 aliphatic heterocycles. The second-order valence-electron chi connectivity index (χ2n) is 5.56. The van der Waals surface area contributed by atoms with Crippen molar-refractivity contribution in [2.45, 2.75) is 18.9 Å². The Bertz CT molecular complexity index is 833. The number of pyridine rings is 1. The van der Waals surface area contributed by atoms with Crippen LogP contribution in [-0.2, 0) is 14.3 Å². The van der Waals surface area contributed by atoms with Crippen LogP contribution in [0.4, 0.5) is 5.69 Å². The maximum absolute atomic E-state index is 12.8. The highest BCUT2D eigenvalue weighted by molar-refractivity contribution is 9.10. The summed E-state index contributed by atoms with van der Waals surface area (Å²) in [6, 6.07) is 9.08. The van der Waals surface area contributed by atoms with Gasteiger partial charge < -0.3 is 23.3 Å². The van der Waals surface area contributed by atoms with Gasteiger partial charge in [0.2, 0.25) is 11.7 Å². The smallest absolute Gasteiger partial charge is 0.305 e. The van der Waals surface area contributed by atoms with E-state index < -0.39 is 17.9 Å². The summed E-state index contributed by atoms with van der Waals surface area (Å²) in [6.45, 7) is 0. The minimum Gasteiger partial charge on any atom is -0.583 e. The van der Waals surface area contributed by atoms with E-state index in [9.17, 15) is 14.4 Å². The molecule has 2 N–H and O–H groups in total. The first kappa shape index (κ1) is 20.8. The Hall–Kier alpha value is -2.52. The number of rotatable bonds is 8. The average Bonchev–Trinajstić information content (AvgIpc) is 2.69. The van der Waals surface area contributed by atoms with E-state index in [4.69, 9.17) is 7.98 Å². The number of ether oxygens (including phenoxy) is 1. The van der Waals surface area contributed by atoms with Crippen molar-refractivity contribution in [2.24, 2.45) is 0 Å². The number of halogens is 1. The third-order valence-electron chi connectivity index (χ3n) is 3.76. The molecule has 0 aliphatic rings. The zero-order valence-electron chi connectivity index (χ0n) is 14.6. The van der Waals surface area contributed by atoms with Crippen LogP contribution in [0.3, 0.4) is 0 Å². The molecule has 7 nitrogen and oxygen atoms in total. The van der Waals surface area contributed by atoms with Crippen molar-refractivity contribution in [1.29, 1.82) is 0 Å². The molecule has 9 heteroatoms. The highest BCUT2D eigenvalue weighted by Crippen LogP contribution is 2.24. The first-order chi connectivity index (χ1) is 13.0. The Morgan fingerprint density at radius 1 is 1.26 bits per heavy atom. The Balaban J connectivity index is 2.21. The summed E-state index contributed by atoms with van der Waals surface area (Å²) in [6.07, 6.45) is 1.69. The molecular formula is C18H17BBrN3O4-. The van der Waals surface area contributed by atoms with Gasteiger partial charge in [0.25, 0.3) is 0 Å². The number of hydrogen-bond donors (Lipinski definition) is 2. The van der Waals surface area contributed by atoms with Crippen LogP contribution in [-0.4, -0.2) is 43.8 Å². The van der Waals surface area contributed by atoms with Gasteiger partial charge in [0.15, 0.2) is 0 Å². The molecule has 27 heavy (non-hydrogen) atoms. The minimum absolute atomic E-state index is 0.0266. The SMILES string of the molecule is [B-]NC(CCC(=O)OC)C(=O)Nc1ccc(Br)cc1C(=O)c1ccccn1. The van der Waals surface area contributed by atoms with Crippen molar-refractivity contribution >= 4 is 47.3 Å². The lowest BCUT2D eigenvalue weighted by atomic mass is 10.0. The van der Waals surface area contributed by atoms with E-state index in [0.717, 1.165) is 0 Å². The second kappa shape index (κ2) is 9.98. The molecule has 2 rings (SSSR count). The van der Waals surface area contributed by atoms with E-state index in [2.05, 4.69) is 36.2 Å². The Labute approximate surface area is 166 Å². The summed E-state index contributed by atoms with van der Waals surface area (Å²) in [5.74, 6) is -1.25. The van der Waals surface area contributed by atoms with Crippen LogP contribution in [0.5, 0.6) is 0 Å². The highest BCUT2D eigenvalue weighted by Gasteiger charge is 2.20. The number of anilines is 1. The molecule has 0 aliphatic carbocycles. The van der Waals surface area contributed by atoms with Crippen molar-refractivity contribution in [3.63, 3.8) is 0 Å². The van der Waals surface area contributed by atoms with Gasteiger partial charge in [-0.15, -0.1) is 0 Å². The summed E-state index contributed by atoms with van der Waals surface area (Å²) in [5, 5.41) is 5.05. The molecule has 139 valence electrons. The maximum atomic E-state index is 12.8. The van der Waals surface area contributed by atoms with E-state index in [1.54, 1.807) is 36.4 Å². The van der Waals surface area contributed by atoms with Gasteiger partial charge in [-0.05, 0) is 36.8 Å². The fourth-order valence-electron chi connectivity index (χ4n) is 2.32. The summed E-state index contributed by atoms with van der Waals surface area (Å²) in [5.41, 5.74) is 0.850. The van der Waals surface area contributed by atoms with Gasteiger partial charge in [-0.1, -0.05) is 22.0 Å². The second-order valence-corrected chi connectivity index (χ2v) is 6.47. The van der Waals surface area contributed by atoms with E-state index in [1.165, 1.54) is 13.3 Å². The number of amides is 1. The van der Waals surface area contributed by atoms with Gasteiger partial charge in [0, 0.05) is 28.7 Å². The molecule has 1 amide bonds. The number of carbonyl (C=O) groups is 3. The van der Waals surface area contributed by atoms with Gasteiger partial charge in [-0.2, -0.15) is 0 Å². The van der Waals surface area contributed by atoms with Crippen LogP contribution in [0, 0.1) is 0 Å². The molecule has 0 fully saturated rings. The molecule has 1 heterocycles. The highest BCUT2D eigenvalue weighted by atomic mass is 79.9. The molecule has 0 spiro atoms. The molecule has 0 saturated carbocycles. The standard InChI is InChI=1S/C18H17BBrN3O4/c1-27-16(24)8-7-15(23-19)18(26)22-13-6-5-11(20)10-12(13)17(25)14-4-2-3-9-21-14/h2-6,9-10,15,23H,7-8H2,1H3,(H,22,26)/q-1. The average molecular weight is 430 g/mol. The third kappa shape index (κ3) is 5.73. The van der Waals surface area contributed by atoms with Crippen molar-refractivity contribution < 1.29 is 19.1 Å². The van der Waals surface area contributed by atoms with Crippen molar-refractivity contribution in [3.8, 4) is 0 Å². The van der Waals surface area contributed by atoms with Gasteiger partial charge in [-0.25, -0.2) is 0 Å². The van der Waals surface area contributed by atoms with Crippen molar-refractivity contribution in [2.75, 3.05) is 12.4 Å². The van der Waals surface area contributed by atoms with Crippen LogP contribution >= 0.6 is 15.9 Å². The van der Waals surface area contributed by atoms with Gasteiger partial charge in [0.1, 0.15) is 5.69 Å². The number of aromatic nitrogens is 1. The van der Waals surface area contributed by atoms with Crippen LogP contribution in [0.2, 0.25) is 0 Å². The largest absolute Gasteiger partial charge is 0.583 e. The minimum atomic E-state index is -0.828. The molecule has 1 atom stereocenters. The summed E-state index contributed by atoms with van der Waals surface area (Å²) >= 11 is 3.33. The first-order valence-electron chi connectivity index (χ1n) is 8.05. The Morgan fingerprint density at radius 3 is 2.67 bits per heavy atom. The van der Waals surface area contributed by atoms with Crippen LogP contribution < -0.4 is 10.5 Å². The molecular weight excluding hydrogens is 413 g/mol. The number of esters is 1. The fraction of sp³-hybridized carbons (Fsp3) is 0.222. The van der Waals surface area contributed by atoms with E-state index >= 15 is 0 Å². The number of nitrogens with one attached hydrogen (secondary N) is 2. The molecule has 1 unspecified atom stereocenters. The summed E-state index contributed by atoms with van der Waals surface area (Å²) < 4.78 is 5.24. The van der Waals surface area contributed by atoms with E-state index in [0.29, 0.717) is 10.2 Å². The lowest BCUT2D eigenvalue weighted by molar-refractivity contribution is -0.140. The topological polar surface area (TPSA) is 97.4 Å². The Morgan fingerprint density at radius 2 is 2.04 bits per heavy atom. The number of benzene rings is 1. The van der Waals surface area contributed by atoms with Gasteiger partial charge >= 0.3 is 5.97 Å². The first-order valence-corrected chi connectivity index (χ1v) is 8.84. The number of carbonyl (C=O) groups excluding carboxylic acids is 3. The van der Waals surface area contributed by atoms with E-state index in [1.807, 2.05) is 0 Å². The van der Waals surface area contributed by atoms with Crippen LogP contribution in [0.15, 0.2) is 47.1 Å². The summed E-state index contributed by atoms with van der Waals surface area (Å²) in [4.78, 5) is 40.6. The van der Waals surface area contributed by atoms with Crippen molar-refractivity contribution in [1.82, 2.24) is 10.2 Å². The zero-order chi connectivity index (χ0) is 19.8. The Kier molecular flexibility index (Phi) is 7.69. The monoisotopic (exact) mass is 429 g/mol. The summed E-state index contributed by atoms with van der Waals surface area (Å²) in [7, 11) is 6.69. The predicted molar refractivity (Wildman–Crippen MR) is 104 cm³/mol. The lowest BCUT2D eigenvalue weighted by Gasteiger charge is -2.24. The zero-order valence-corrected chi connectivity index (χ0v) is 16.2. The molecule has 1 aromatic carbocycles. The normalized spacial score (nSPS) is 11.5. The van der Waals surface area contributed by atoms with Gasteiger partial charge in [0.05, 0.1) is 12.8 Å². The van der Waals surface area contributed by atoms with Crippen LogP contribution in [0.1, 0.15) is 28.9 Å².